The van der Waals surface area contributed by atoms with E-state index in [2.05, 4.69) is 4.90 Å². The maximum atomic E-state index is 12.2. The molecule has 2 aromatic rings. The summed E-state index contributed by atoms with van der Waals surface area (Å²) in [4.78, 5) is 21.3. The number of phenols is 2. The van der Waals surface area contributed by atoms with Crippen molar-refractivity contribution in [2.24, 2.45) is 0 Å². The molecular weight excluding hydrogens is 409 g/mol. The number of anilines is 1. The maximum absolute atomic E-state index is 12.2. The molecule has 2 aromatic carbocycles. The number of nitro groups is 2. The molecule has 9 nitrogen and oxygen atoms in total. The predicted octanol–water partition coefficient (Wildman–Crippen LogP) is 5.29. The molecule has 168 valence electrons. The van der Waals surface area contributed by atoms with Crippen LogP contribution in [-0.4, -0.2) is 33.1 Å². The van der Waals surface area contributed by atoms with E-state index in [4.69, 9.17) is 5.11 Å². The van der Waals surface area contributed by atoms with Crippen LogP contribution in [-0.2, 0) is 0 Å². The van der Waals surface area contributed by atoms with Gasteiger partial charge in [0.1, 0.15) is 5.82 Å². The molecule has 0 aromatic heterocycles. The molecule has 0 unspecified atom stereocenters. The second-order valence-electron chi connectivity index (χ2n) is 7.28. The molecule has 2 fully saturated rings. The monoisotopic (exact) mass is 435 g/mol. The topological polar surface area (TPSA) is 130 Å². The van der Waals surface area contributed by atoms with Crippen LogP contribution in [0.3, 0.4) is 0 Å². The van der Waals surface area contributed by atoms with Gasteiger partial charge in [0.2, 0.25) is 0 Å². The average molecular weight is 435 g/mol. The number of nitrogens with zero attached hydrogens (tertiary/aromatic N) is 3. The second-order valence-corrected chi connectivity index (χ2v) is 7.28. The largest absolute Gasteiger partial charge is 0.502 e. The van der Waals surface area contributed by atoms with Crippen LogP contribution in [0, 0.1) is 26.0 Å². The van der Waals surface area contributed by atoms with Crippen molar-refractivity contribution in [2.45, 2.75) is 44.9 Å². The number of rotatable bonds is 3. The summed E-state index contributed by atoms with van der Waals surface area (Å²) in [6.07, 6.45) is 9.77. The molecule has 0 spiro atoms. The normalized spacial score (nSPS) is 14.8. The molecule has 10 heteroatoms. The molecule has 0 radical (unpaired) electrons. The minimum absolute atomic E-state index is 0.238. The van der Waals surface area contributed by atoms with Crippen molar-refractivity contribution in [3.05, 3.63) is 62.4 Å². The van der Waals surface area contributed by atoms with Gasteiger partial charge in [0.15, 0.2) is 11.5 Å². The van der Waals surface area contributed by atoms with Crippen LogP contribution in [0.1, 0.15) is 44.9 Å². The average Bonchev–Trinajstić information content (AvgIpc) is 3.44. The first-order chi connectivity index (χ1) is 14.8. The molecule has 2 aliphatic rings. The highest BCUT2D eigenvalue weighted by atomic mass is 19.1. The van der Waals surface area contributed by atoms with E-state index in [9.17, 15) is 29.7 Å². The molecule has 1 aliphatic heterocycles. The Labute approximate surface area is 179 Å². The third-order valence-corrected chi connectivity index (χ3v) is 5.01. The van der Waals surface area contributed by atoms with Crippen molar-refractivity contribution in [3.63, 3.8) is 0 Å². The highest BCUT2D eigenvalue weighted by molar-refractivity contribution is 5.58. The zero-order chi connectivity index (χ0) is 22.8. The summed E-state index contributed by atoms with van der Waals surface area (Å²) in [6.45, 7) is 1.91. The molecule has 0 bridgehead atoms. The fourth-order valence-electron chi connectivity index (χ4n) is 3.37. The summed E-state index contributed by atoms with van der Waals surface area (Å²) in [7, 11) is 0. The Hall–Kier alpha value is -3.43. The number of benzene rings is 2. The van der Waals surface area contributed by atoms with E-state index in [1.807, 2.05) is 0 Å². The van der Waals surface area contributed by atoms with Gasteiger partial charge in [-0.25, -0.2) is 4.39 Å². The number of hydrogen-bond acceptors (Lipinski definition) is 7. The summed E-state index contributed by atoms with van der Waals surface area (Å²) in [5.74, 6) is -1.62. The molecule has 1 saturated carbocycles. The summed E-state index contributed by atoms with van der Waals surface area (Å²) in [5, 5.41) is 38.8. The lowest BCUT2D eigenvalue weighted by atomic mass is 10.2. The van der Waals surface area contributed by atoms with Crippen LogP contribution in [0.2, 0.25) is 0 Å². The van der Waals surface area contributed by atoms with Gasteiger partial charge in [0, 0.05) is 43.0 Å². The van der Waals surface area contributed by atoms with Gasteiger partial charge in [-0.2, -0.15) is 0 Å². The van der Waals surface area contributed by atoms with Gasteiger partial charge in [-0.1, -0.05) is 32.1 Å². The lowest BCUT2D eigenvalue weighted by Crippen LogP contribution is -2.17. The van der Waals surface area contributed by atoms with Gasteiger partial charge in [-0.15, -0.1) is 0 Å². The van der Waals surface area contributed by atoms with Gasteiger partial charge >= 0.3 is 11.4 Å². The molecule has 1 aliphatic carbocycles. The van der Waals surface area contributed by atoms with E-state index in [0.29, 0.717) is 6.07 Å². The van der Waals surface area contributed by atoms with E-state index in [1.54, 1.807) is 6.07 Å². The standard InChI is InChI=1S/C10H12N2O3.C6H4FNO3.C5H10/c13-10-7-8(11-5-1-2-6-11)3-4-9(10)12(14)15;7-4-1-2-5(8(10)11)6(9)3-4;1-2-4-5-3-1/h3-4,7,13H,1-2,5-6H2;1-3,9H;1-5H2. The number of phenolic OH excluding ortho intramolecular Hbond substituents is 2. The predicted molar refractivity (Wildman–Crippen MR) is 114 cm³/mol. The maximum Gasteiger partial charge on any atom is 0.310 e. The first kappa shape index (κ1) is 23.8. The molecule has 1 heterocycles. The van der Waals surface area contributed by atoms with E-state index >= 15 is 0 Å². The number of hydrogen-bond donors (Lipinski definition) is 2. The third-order valence-electron chi connectivity index (χ3n) is 5.01. The smallest absolute Gasteiger partial charge is 0.310 e. The first-order valence-corrected chi connectivity index (χ1v) is 10.1. The Bertz CT molecular complexity index is 891. The minimum atomic E-state index is -0.783. The third kappa shape index (κ3) is 7.40. The minimum Gasteiger partial charge on any atom is -0.502 e. The Kier molecular flexibility index (Phi) is 8.98. The van der Waals surface area contributed by atoms with E-state index in [0.717, 1.165) is 43.8 Å². The fourth-order valence-corrected chi connectivity index (χ4v) is 3.37. The Morgan fingerprint density at radius 2 is 1.19 bits per heavy atom. The van der Waals surface area contributed by atoms with Gasteiger partial charge in [-0.3, -0.25) is 20.2 Å². The Morgan fingerprint density at radius 1 is 0.742 bits per heavy atom. The molecule has 2 N–H and O–H groups in total. The van der Waals surface area contributed by atoms with Gasteiger partial charge in [0.25, 0.3) is 0 Å². The quantitative estimate of drug-likeness (QED) is 0.495. The lowest BCUT2D eigenvalue weighted by Gasteiger charge is -2.17. The molecule has 4 rings (SSSR count). The first-order valence-electron chi connectivity index (χ1n) is 10.1. The van der Waals surface area contributed by atoms with Crippen LogP contribution in [0.25, 0.3) is 0 Å². The summed E-state index contributed by atoms with van der Waals surface area (Å²) >= 11 is 0. The van der Waals surface area contributed by atoms with Crippen LogP contribution >= 0.6 is 0 Å². The zero-order valence-electron chi connectivity index (χ0n) is 17.1. The lowest BCUT2D eigenvalue weighted by molar-refractivity contribution is -0.386. The van der Waals surface area contributed by atoms with E-state index in [1.165, 1.54) is 44.2 Å². The summed E-state index contributed by atoms with van der Waals surface area (Å²) in [6, 6.07) is 7.01. The van der Waals surface area contributed by atoms with Gasteiger partial charge in [-0.05, 0) is 25.0 Å². The molecule has 0 amide bonds. The van der Waals surface area contributed by atoms with Crippen LogP contribution in [0.5, 0.6) is 11.5 Å². The summed E-state index contributed by atoms with van der Waals surface area (Å²) in [5.41, 5.74) is 0.125. The van der Waals surface area contributed by atoms with Crippen LogP contribution in [0.15, 0.2) is 36.4 Å². The van der Waals surface area contributed by atoms with Crippen molar-refractivity contribution in [2.75, 3.05) is 18.0 Å². The van der Waals surface area contributed by atoms with Crippen molar-refractivity contribution in [3.8, 4) is 11.5 Å². The Balaban J connectivity index is 0.000000186. The molecule has 31 heavy (non-hydrogen) atoms. The number of nitro benzene ring substituents is 2. The highest BCUT2D eigenvalue weighted by Crippen LogP contribution is 2.31. The fraction of sp³-hybridized carbons (Fsp3) is 0.429. The number of aromatic hydroxyl groups is 2. The highest BCUT2D eigenvalue weighted by Gasteiger charge is 2.17. The summed E-state index contributed by atoms with van der Waals surface area (Å²) < 4.78 is 12.2. The van der Waals surface area contributed by atoms with E-state index < -0.39 is 27.1 Å². The van der Waals surface area contributed by atoms with E-state index in [-0.39, 0.29) is 11.4 Å². The number of halogens is 1. The van der Waals surface area contributed by atoms with Crippen molar-refractivity contribution >= 4 is 17.1 Å². The van der Waals surface area contributed by atoms with Gasteiger partial charge < -0.3 is 15.1 Å². The molecular formula is C21H26FN3O6. The molecule has 1 saturated heterocycles. The molecule has 0 atom stereocenters. The zero-order valence-corrected chi connectivity index (χ0v) is 17.1. The van der Waals surface area contributed by atoms with Crippen molar-refractivity contribution in [1.82, 2.24) is 0 Å². The second kappa shape index (κ2) is 11.7. The van der Waals surface area contributed by atoms with Crippen molar-refractivity contribution < 1.29 is 24.5 Å². The van der Waals surface area contributed by atoms with Gasteiger partial charge in [0.05, 0.1) is 9.85 Å². The van der Waals surface area contributed by atoms with Crippen LogP contribution in [0.4, 0.5) is 21.5 Å². The van der Waals surface area contributed by atoms with Crippen LogP contribution < -0.4 is 4.90 Å². The van der Waals surface area contributed by atoms with Crippen molar-refractivity contribution in [1.29, 1.82) is 0 Å². The SMILES string of the molecule is C1CCCC1.O=[N+]([O-])c1ccc(F)cc1O.O=[N+]([O-])c1ccc(N2CCCC2)cc1O. The Morgan fingerprint density at radius 3 is 1.61 bits per heavy atom.